The first-order valence-corrected chi connectivity index (χ1v) is 6.05. The Hall–Kier alpha value is -1.51. The SMILES string of the molecule is CC(C)(C)C(=O)N1CCc2c(N)cccc2C1. The van der Waals surface area contributed by atoms with E-state index in [9.17, 15) is 4.79 Å². The molecule has 0 aromatic heterocycles. The number of carbonyl (C=O) groups excluding carboxylic acids is 1. The summed E-state index contributed by atoms with van der Waals surface area (Å²) in [6, 6.07) is 5.95. The zero-order valence-electron chi connectivity index (χ0n) is 10.8. The molecule has 0 bridgehead atoms. The zero-order chi connectivity index (χ0) is 12.6. The molecule has 3 nitrogen and oxygen atoms in total. The van der Waals surface area contributed by atoms with Crippen LogP contribution in [0.15, 0.2) is 18.2 Å². The average molecular weight is 232 g/mol. The van der Waals surface area contributed by atoms with E-state index in [2.05, 4.69) is 6.07 Å². The Labute approximate surface area is 103 Å². The molecule has 0 atom stereocenters. The van der Waals surface area contributed by atoms with Gasteiger partial charge in [0, 0.05) is 24.2 Å². The van der Waals surface area contributed by atoms with Crippen LogP contribution in [0.4, 0.5) is 5.69 Å². The molecule has 0 fully saturated rings. The van der Waals surface area contributed by atoms with E-state index >= 15 is 0 Å². The van der Waals surface area contributed by atoms with Crippen molar-refractivity contribution in [3.05, 3.63) is 29.3 Å². The van der Waals surface area contributed by atoms with Crippen LogP contribution in [0.3, 0.4) is 0 Å². The van der Waals surface area contributed by atoms with Crippen molar-refractivity contribution in [3.63, 3.8) is 0 Å². The quantitative estimate of drug-likeness (QED) is 0.697. The van der Waals surface area contributed by atoms with Crippen molar-refractivity contribution >= 4 is 11.6 Å². The number of hydrogen-bond acceptors (Lipinski definition) is 2. The second-order valence-corrected chi connectivity index (χ2v) is 5.71. The number of nitrogens with zero attached hydrogens (tertiary/aromatic N) is 1. The lowest BCUT2D eigenvalue weighted by atomic mass is 9.91. The number of rotatable bonds is 0. The molecule has 3 heteroatoms. The lowest BCUT2D eigenvalue weighted by molar-refractivity contribution is -0.140. The Kier molecular flexibility index (Phi) is 2.86. The first-order valence-electron chi connectivity index (χ1n) is 6.05. The second-order valence-electron chi connectivity index (χ2n) is 5.71. The minimum absolute atomic E-state index is 0.213. The highest BCUT2D eigenvalue weighted by atomic mass is 16.2. The predicted octanol–water partition coefficient (Wildman–Crippen LogP) is 2.20. The Morgan fingerprint density at radius 3 is 2.71 bits per heavy atom. The van der Waals surface area contributed by atoms with Crippen molar-refractivity contribution in [2.24, 2.45) is 5.41 Å². The number of nitrogen functional groups attached to an aromatic ring is 1. The van der Waals surface area contributed by atoms with Crippen LogP contribution in [-0.4, -0.2) is 17.4 Å². The highest BCUT2D eigenvalue weighted by Gasteiger charge is 2.29. The topological polar surface area (TPSA) is 46.3 Å². The van der Waals surface area contributed by atoms with Crippen molar-refractivity contribution in [1.82, 2.24) is 4.90 Å². The molecule has 0 saturated heterocycles. The van der Waals surface area contributed by atoms with E-state index in [-0.39, 0.29) is 11.3 Å². The van der Waals surface area contributed by atoms with E-state index < -0.39 is 0 Å². The summed E-state index contributed by atoms with van der Waals surface area (Å²) in [4.78, 5) is 14.1. The molecule has 2 rings (SSSR count). The van der Waals surface area contributed by atoms with Gasteiger partial charge in [-0.3, -0.25) is 4.79 Å². The fourth-order valence-corrected chi connectivity index (χ4v) is 2.29. The highest BCUT2D eigenvalue weighted by molar-refractivity contribution is 5.82. The van der Waals surface area contributed by atoms with Gasteiger partial charge in [0.25, 0.3) is 0 Å². The van der Waals surface area contributed by atoms with Crippen LogP contribution in [0, 0.1) is 5.41 Å². The monoisotopic (exact) mass is 232 g/mol. The molecule has 0 unspecified atom stereocenters. The summed E-state index contributed by atoms with van der Waals surface area (Å²) >= 11 is 0. The summed E-state index contributed by atoms with van der Waals surface area (Å²) in [7, 11) is 0. The van der Waals surface area contributed by atoms with Crippen LogP contribution >= 0.6 is 0 Å². The van der Waals surface area contributed by atoms with Gasteiger partial charge in [0.15, 0.2) is 0 Å². The van der Waals surface area contributed by atoms with E-state index in [0.29, 0.717) is 6.54 Å². The number of nitrogens with two attached hydrogens (primary N) is 1. The zero-order valence-corrected chi connectivity index (χ0v) is 10.8. The van der Waals surface area contributed by atoms with Crippen LogP contribution in [0.1, 0.15) is 31.9 Å². The third-order valence-electron chi connectivity index (χ3n) is 3.23. The Bertz CT molecular complexity index is 446. The maximum atomic E-state index is 12.2. The molecule has 0 aliphatic carbocycles. The minimum Gasteiger partial charge on any atom is -0.398 e. The largest absolute Gasteiger partial charge is 0.398 e. The Balaban J connectivity index is 2.23. The minimum atomic E-state index is -0.308. The molecule has 0 radical (unpaired) electrons. The maximum absolute atomic E-state index is 12.2. The number of benzene rings is 1. The van der Waals surface area contributed by atoms with Gasteiger partial charge < -0.3 is 10.6 Å². The van der Waals surface area contributed by atoms with E-state index in [0.717, 1.165) is 18.7 Å². The summed E-state index contributed by atoms with van der Waals surface area (Å²) in [5.41, 5.74) is 8.89. The van der Waals surface area contributed by atoms with Gasteiger partial charge in [-0.1, -0.05) is 32.9 Å². The first kappa shape index (κ1) is 12.0. The second kappa shape index (κ2) is 4.06. The van der Waals surface area contributed by atoms with Crippen LogP contribution in [0.25, 0.3) is 0 Å². The summed E-state index contributed by atoms with van der Waals surface area (Å²) in [5, 5.41) is 0. The summed E-state index contributed by atoms with van der Waals surface area (Å²) in [6.45, 7) is 7.35. The number of anilines is 1. The lowest BCUT2D eigenvalue weighted by Crippen LogP contribution is -2.42. The van der Waals surface area contributed by atoms with Crippen LogP contribution in [0.2, 0.25) is 0 Å². The maximum Gasteiger partial charge on any atom is 0.228 e. The number of carbonyl (C=O) groups is 1. The molecular weight excluding hydrogens is 212 g/mol. The van der Waals surface area contributed by atoms with Crippen LogP contribution in [0.5, 0.6) is 0 Å². The third-order valence-corrected chi connectivity index (χ3v) is 3.23. The molecule has 0 saturated carbocycles. The predicted molar refractivity (Wildman–Crippen MR) is 69.4 cm³/mol. The van der Waals surface area contributed by atoms with Gasteiger partial charge in [-0.25, -0.2) is 0 Å². The molecule has 1 heterocycles. The molecule has 0 spiro atoms. The third kappa shape index (κ3) is 2.28. The first-order chi connectivity index (χ1) is 7.89. The van der Waals surface area contributed by atoms with Gasteiger partial charge in [-0.05, 0) is 23.6 Å². The van der Waals surface area contributed by atoms with E-state index in [1.54, 1.807) is 0 Å². The van der Waals surface area contributed by atoms with E-state index in [4.69, 9.17) is 5.73 Å². The van der Waals surface area contributed by atoms with Crippen molar-refractivity contribution in [3.8, 4) is 0 Å². The van der Waals surface area contributed by atoms with Gasteiger partial charge in [0.2, 0.25) is 5.91 Å². The van der Waals surface area contributed by atoms with Crippen molar-refractivity contribution in [2.75, 3.05) is 12.3 Å². The number of amides is 1. The molecule has 17 heavy (non-hydrogen) atoms. The Morgan fingerprint density at radius 2 is 2.06 bits per heavy atom. The van der Waals surface area contributed by atoms with Gasteiger partial charge in [-0.2, -0.15) is 0 Å². The molecule has 1 amide bonds. The summed E-state index contributed by atoms with van der Waals surface area (Å²) in [5.74, 6) is 0.213. The van der Waals surface area contributed by atoms with Gasteiger partial charge in [0.1, 0.15) is 0 Å². The molecule has 1 aromatic carbocycles. The number of hydrogen-bond donors (Lipinski definition) is 1. The van der Waals surface area contributed by atoms with E-state index in [1.807, 2.05) is 37.8 Å². The smallest absolute Gasteiger partial charge is 0.228 e. The summed E-state index contributed by atoms with van der Waals surface area (Å²) in [6.07, 6.45) is 0.865. The molecule has 2 N–H and O–H groups in total. The fourth-order valence-electron chi connectivity index (χ4n) is 2.29. The normalized spacial score (nSPS) is 15.6. The van der Waals surface area contributed by atoms with Crippen LogP contribution < -0.4 is 5.73 Å². The van der Waals surface area contributed by atoms with Crippen LogP contribution in [-0.2, 0) is 17.8 Å². The standard InChI is InChI=1S/C14H20N2O/c1-14(2,3)13(17)16-8-7-11-10(9-16)5-4-6-12(11)15/h4-6H,7-9,15H2,1-3H3. The van der Waals surface area contributed by atoms with E-state index in [1.165, 1.54) is 11.1 Å². The molecule has 1 aliphatic heterocycles. The lowest BCUT2D eigenvalue weighted by Gasteiger charge is -2.34. The molecule has 1 aromatic rings. The summed E-state index contributed by atoms with van der Waals surface area (Å²) < 4.78 is 0. The molecule has 1 aliphatic rings. The Morgan fingerprint density at radius 1 is 1.35 bits per heavy atom. The highest BCUT2D eigenvalue weighted by Crippen LogP contribution is 2.27. The van der Waals surface area contributed by atoms with Gasteiger partial charge in [-0.15, -0.1) is 0 Å². The average Bonchev–Trinajstić information content (AvgIpc) is 2.26. The number of fused-ring (bicyclic) bond motifs is 1. The molecular formula is C14H20N2O. The van der Waals surface area contributed by atoms with Gasteiger partial charge >= 0.3 is 0 Å². The fraction of sp³-hybridized carbons (Fsp3) is 0.500. The van der Waals surface area contributed by atoms with Crippen molar-refractivity contribution < 1.29 is 4.79 Å². The molecule has 92 valence electrons. The van der Waals surface area contributed by atoms with Gasteiger partial charge in [0.05, 0.1) is 0 Å². The van der Waals surface area contributed by atoms with Crippen molar-refractivity contribution in [2.45, 2.75) is 33.7 Å². The van der Waals surface area contributed by atoms with Crippen molar-refractivity contribution in [1.29, 1.82) is 0 Å².